The van der Waals surface area contributed by atoms with Crippen molar-refractivity contribution < 1.29 is 0 Å². The Bertz CT molecular complexity index is 961. The topological polar surface area (TPSA) is 12.4 Å². The Morgan fingerprint density at radius 1 is 0.708 bits per heavy atom. The Morgan fingerprint density at radius 2 is 1.46 bits per heavy atom. The molecule has 1 nitrogen and oxygen atoms in total. The molecule has 0 aliphatic rings. The van der Waals surface area contributed by atoms with Gasteiger partial charge in [0.2, 0.25) is 0 Å². The maximum Gasteiger partial charge on any atom is 0.0721 e. The van der Waals surface area contributed by atoms with Crippen LogP contribution in [0.25, 0.3) is 10.8 Å². The Balaban J connectivity index is 2.25. The molecule has 122 valence electrons. The highest BCUT2D eigenvalue weighted by molar-refractivity contribution is 6.16. The Labute approximate surface area is 145 Å². The molecule has 0 radical (unpaired) electrons. The van der Waals surface area contributed by atoms with Crippen LogP contribution in [0.1, 0.15) is 38.9 Å². The molecule has 0 aliphatic heterocycles. The molecule has 0 heterocycles. The second-order valence-corrected chi connectivity index (χ2v) is 6.79. The van der Waals surface area contributed by atoms with E-state index >= 15 is 0 Å². The lowest BCUT2D eigenvalue weighted by Gasteiger charge is -2.16. The van der Waals surface area contributed by atoms with Crippen LogP contribution in [0.5, 0.6) is 0 Å². The summed E-state index contributed by atoms with van der Waals surface area (Å²) >= 11 is 0. The van der Waals surface area contributed by atoms with Gasteiger partial charge in [0.15, 0.2) is 0 Å². The molecular weight excluding hydrogens is 290 g/mol. The normalized spacial score (nSPS) is 12.0. The van der Waals surface area contributed by atoms with E-state index in [1.807, 2.05) is 7.05 Å². The zero-order valence-electron chi connectivity index (χ0n) is 15.5. The number of nitrogens with zero attached hydrogens (tertiary/aromatic N) is 1. The van der Waals surface area contributed by atoms with Gasteiger partial charge in [0.1, 0.15) is 0 Å². The van der Waals surface area contributed by atoms with Gasteiger partial charge in [0.05, 0.1) is 5.71 Å². The minimum absolute atomic E-state index is 1.08. The first-order chi connectivity index (χ1) is 11.4. The smallest absolute Gasteiger partial charge is 0.0721 e. The monoisotopic (exact) mass is 315 g/mol. The van der Waals surface area contributed by atoms with E-state index in [0.717, 1.165) is 5.71 Å². The number of rotatable bonds is 2. The van der Waals surface area contributed by atoms with Crippen LogP contribution in [-0.2, 0) is 0 Å². The third-order valence-electron chi connectivity index (χ3n) is 4.99. The van der Waals surface area contributed by atoms with E-state index in [1.165, 1.54) is 49.7 Å². The van der Waals surface area contributed by atoms with E-state index in [4.69, 9.17) is 0 Å². The van der Waals surface area contributed by atoms with Crippen molar-refractivity contribution in [2.75, 3.05) is 7.05 Å². The molecule has 1 heteroatoms. The molecule has 0 aliphatic carbocycles. The minimum atomic E-state index is 1.08. The number of aliphatic imine (C=N–C) groups is 1. The summed E-state index contributed by atoms with van der Waals surface area (Å²) in [4.78, 5) is 4.67. The van der Waals surface area contributed by atoms with Gasteiger partial charge in [-0.3, -0.25) is 4.99 Å². The average Bonchev–Trinajstić information content (AvgIpc) is 2.54. The van der Waals surface area contributed by atoms with Crippen molar-refractivity contribution in [1.82, 2.24) is 0 Å². The van der Waals surface area contributed by atoms with E-state index in [-0.39, 0.29) is 0 Å². The summed E-state index contributed by atoms with van der Waals surface area (Å²) < 4.78 is 0. The average molecular weight is 315 g/mol. The molecule has 0 atom stereocenters. The van der Waals surface area contributed by atoms with Crippen LogP contribution in [-0.4, -0.2) is 12.8 Å². The van der Waals surface area contributed by atoms with E-state index in [2.05, 4.69) is 82.1 Å². The van der Waals surface area contributed by atoms with Crippen LogP contribution < -0.4 is 0 Å². The minimum Gasteiger partial charge on any atom is -0.287 e. The number of hydrogen-bond donors (Lipinski definition) is 0. The third kappa shape index (κ3) is 2.75. The van der Waals surface area contributed by atoms with Gasteiger partial charge in [0.25, 0.3) is 0 Å². The van der Waals surface area contributed by atoms with Gasteiger partial charge in [-0.05, 0) is 68.1 Å². The standard InChI is InChI=1S/C23H25N/c1-14-7-9-20-18(5)21(10-8-19(20)12-14)23(24-6)22-13-15(2)11-16(3)17(22)4/h7-13H,1-6H3/b24-23-. The van der Waals surface area contributed by atoms with Crippen molar-refractivity contribution in [2.24, 2.45) is 4.99 Å². The third-order valence-corrected chi connectivity index (χ3v) is 4.99. The van der Waals surface area contributed by atoms with Crippen LogP contribution in [0.2, 0.25) is 0 Å². The molecule has 0 fully saturated rings. The van der Waals surface area contributed by atoms with Crippen molar-refractivity contribution in [1.29, 1.82) is 0 Å². The van der Waals surface area contributed by atoms with Crippen LogP contribution in [0.3, 0.4) is 0 Å². The second-order valence-electron chi connectivity index (χ2n) is 6.79. The van der Waals surface area contributed by atoms with Crippen molar-refractivity contribution in [3.05, 3.63) is 81.4 Å². The first kappa shape index (κ1) is 16.4. The summed E-state index contributed by atoms with van der Waals surface area (Å²) in [5.41, 5.74) is 10.1. The number of hydrogen-bond acceptors (Lipinski definition) is 1. The Morgan fingerprint density at radius 3 is 2.17 bits per heavy atom. The predicted molar refractivity (Wildman–Crippen MR) is 106 cm³/mol. The quantitative estimate of drug-likeness (QED) is 0.526. The maximum absolute atomic E-state index is 4.67. The van der Waals surface area contributed by atoms with Gasteiger partial charge < -0.3 is 0 Å². The molecule has 0 N–H and O–H groups in total. The lowest BCUT2D eigenvalue weighted by atomic mass is 9.89. The van der Waals surface area contributed by atoms with E-state index in [1.54, 1.807) is 0 Å². The van der Waals surface area contributed by atoms with Crippen molar-refractivity contribution in [3.8, 4) is 0 Å². The summed E-state index contributed by atoms with van der Waals surface area (Å²) in [6.07, 6.45) is 0. The molecule has 0 unspecified atom stereocenters. The number of benzene rings is 3. The lowest BCUT2D eigenvalue weighted by molar-refractivity contribution is 1.27. The molecule has 0 spiro atoms. The Kier molecular flexibility index (Phi) is 4.28. The molecule has 3 rings (SSSR count). The second kappa shape index (κ2) is 6.24. The maximum atomic E-state index is 4.67. The first-order valence-electron chi connectivity index (χ1n) is 8.47. The summed E-state index contributed by atoms with van der Waals surface area (Å²) in [5, 5.41) is 2.60. The molecule has 3 aromatic carbocycles. The van der Waals surface area contributed by atoms with Gasteiger partial charge in [0, 0.05) is 18.2 Å². The molecule has 3 aromatic rings. The zero-order chi connectivity index (χ0) is 17.4. The molecule has 0 aromatic heterocycles. The van der Waals surface area contributed by atoms with E-state index < -0.39 is 0 Å². The number of fused-ring (bicyclic) bond motifs is 1. The fourth-order valence-corrected chi connectivity index (χ4v) is 3.53. The fourth-order valence-electron chi connectivity index (χ4n) is 3.53. The van der Waals surface area contributed by atoms with E-state index in [0.29, 0.717) is 0 Å². The summed E-state index contributed by atoms with van der Waals surface area (Å²) in [7, 11) is 1.89. The highest BCUT2D eigenvalue weighted by Crippen LogP contribution is 2.27. The van der Waals surface area contributed by atoms with Gasteiger partial charge in [-0.25, -0.2) is 0 Å². The first-order valence-corrected chi connectivity index (χ1v) is 8.47. The highest BCUT2D eigenvalue weighted by Gasteiger charge is 2.15. The molecule has 0 saturated heterocycles. The number of aryl methyl sites for hydroxylation is 4. The van der Waals surface area contributed by atoms with Crippen LogP contribution in [0.4, 0.5) is 0 Å². The van der Waals surface area contributed by atoms with Gasteiger partial charge >= 0.3 is 0 Å². The Hall–Kier alpha value is -2.41. The fraction of sp³-hybridized carbons (Fsp3) is 0.261. The summed E-state index contributed by atoms with van der Waals surface area (Å²) in [6, 6.07) is 15.6. The molecule has 0 amide bonds. The highest BCUT2D eigenvalue weighted by atomic mass is 14.7. The van der Waals surface area contributed by atoms with Gasteiger partial charge in [-0.15, -0.1) is 0 Å². The summed E-state index contributed by atoms with van der Waals surface area (Å²) in [6.45, 7) is 10.9. The van der Waals surface area contributed by atoms with Crippen LogP contribution in [0, 0.1) is 34.6 Å². The van der Waals surface area contributed by atoms with E-state index in [9.17, 15) is 0 Å². The SMILES string of the molecule is C/N=C(\c1cc(C)cc(C)c1C)c1ccc2cc(C)ccc2c1C. The van der Waals surface area contributed by atoms with Gasteiger partial charge in [-0.2, -0.15) is 0 Å². The van der Waals surface area contributed by atoms with Crippen LogP contribution in [0.15, 0.2) is 47.5 Å². The lowest BCUT2D eigenvalue weighted by Crippen LogP contribution is -2.09. The van der Waals surface area contributed by atoms with Gasteiger partial charge in [-0.1, -0.05) is 47.5 Å². The molecular formula is C23H25N. The van der Waals surface area contributed by atoms with Crippen molar-refractivity contribution in [2.45, 2.75) is 34.6 Å². The van der Waals surface area contributed by atoms with Crippen molar-refractivity contribution in [3.63, 3.8) is 0 Å². The zero-order valence-corrected chi connectivity index (χ0v) is 15.5. The van der Waals surface area contributed by atoms with Crippen LogP contribution >= 0.6 is 0 Å². The largest absolute Gasteiger partial charge is 0.287 e. The molecule has 24 heavy (non-hydrogen) atoms. The van der Waals surface area contributed by atoms with Crippen molar-refractivity contribution >= 4 is 16.5 Å². The molecule has 0 saturated carbocycles. The predicted octanol–water partition coefficient (Wildman–Crippen LogP) is 5.85. The summed E-state index contributed by atoms with van der Waals surface area (Å²) in [5.74, 6) is 0. The molecule has 0 bridgehead atoms.